The maximum absolute atomic E-state index is 11.9. The Morgan fingerprint density at radius 2 is 2.15 bits per heavy atom. The van der Waals surface area contributed by atoms with Gasteiger partial charge in [-0.3, -0.25) is 0 Å². The first kappa shape index (κ1) is 15.9. The van der Waals surface area contributed by atoms with Crippen molar-refractivity contribution < 1.29 is 9.53 Å². The van der Waals surface area contributed by atoms with E-state index in [-0.39, 0.29) is 5.97 Å². The van der Waals surface area contributed by atoms with Crippen LogP contribution in [0, 0.1) is 6.92 Å². The van der Waals surface area contributed by atoms with E-state index in [1.54, 1.807) is 6.07 Å². The van der Waals surface area contributed by atoms with Gasteiger partial charge < -0.3 is 0 Å². The summed E-state index contributed by atoms with van der Waals surface area (Å²) in [5.41, 5.74) is 1.69. The third-order valence-corrected chi connectivity index (χ3v) is 10.3. The SMILES string of the molecule is CC[As](c1cc(Cl)cc(C(=O)OC)c1C)C1CN(C)C1. The Morgan fingerprint density at radius 3 is 2.65 bits per heavy atom. The summed E-state index contributed by atoms with van der Waals surface area (Å²) in [6, 6.07) is 3.80. The first-order valence-electron chi connectivity index (χ1n) is 6.81. The van der Waals surface area contributed by atoms with Crippen LogP contribution in [0.2, 0.25) is 14.9 Å². The van der Waals surface area contributed by atoms with Crippen LogP contribution in [-0.2, 0) is 4.74 Å². The van der Waals surface area contributed by atoms with Gasteiger partial charge in [-0.2, -0.15) is 0 Å². The second-order valence-electron chi connectivity index (χ2n) is 5.25. The minimum atomic E-state index is -1.18. The molecule has 1 aliphatic heterocycles. The van der Waals surface area contributed by atoms with E-state index in [1.165, 1.54) is 29.8 Å². The Kier molecular flexibility index (Phi) is 5.17. The number of benzene rings is 1. The molecule has 1 aliphatic rings. The average molecular weight is 358 g/mol. The van der Waals surface area contributed by atoms with E-state index in [0.29, 0.717) is 10.6 Å². The van der Waals surface area contributed by atoms with Crippen molar-refractivity contribution in [2.45, 2.75) is 23.8 Å². The number of hydrogen-bond acceptors (Lipinski definition) is 3. The number of carbonyl (C=O) groups excluding carboxylic acids is 1. The van der Waals surface area contributed by atoms with Gasteiger partial charge in [0.1, 0.15) is 0 Å². The molecule has 20 heavy (non-hydrogen) atoms. The van der Waals surface area contributed by atoms with Crippen molar-refractivity contribution in [1.29, 1.82) is 0 Å². The first-order chi connectivity index (χ1) is 9.47. The van der Waals surface area contributed by atoms with Crippen LogP contribution >= 0.6 is 11.6 Å². The molecule has 1 aromatic carbocycles. The fourth-order valence-electron chi connectivity index (χ4n) is 2.77. The number of ether oxygens (including phenoxy) is 1. The molecule has 0 spiro atoms. The van der Waals surface area contributed by atoms with Crippen molar-refractivity contribution in [1.82, 2.24) is 4.90 Å². The summed E-state index contributed by atoms with van der Waals surface area (Å²) in [7, 11) is 3.57. The van der Waals surface area contributed by atoms with Gasteiger partial charge in [0.25, 0.3) is 0 Å². The van der Waals surface area contributed by atoms with Gasteiger partial charge in [-0.05, 0) is 0 Å². The van der Waals surface area contributed by atoms with Crippen molar-refractivity contribution in [2.75, 3.05) is 27.2 Å². The molecule has 2 rings (SSSR count). The zero-order valence-electron chi connectivity index (χ0n) is 12.4. The number of methoxy groups -OCH3 is 1. The first-order valence-corrected chi connectivity index (χ1v) is 10.5. The van der Waals surface area contributed by atoms with E-state index in [0.717, 1.165) is 10.3 Å². The Balaban J connectivity index is 2.39. The van der Waals surface area contributed by atoms with Crippen molar-refractivity contribution in [3.63, 3.8) is 0 Å². The van der Waals surface area contributed by atoms with E-state index in [2.05, 4.69) is 24.9 Å². The standard InChI is InChI=1S/C15H21AsClNO2/c1-5-16(11-8-18(3)9-11)14-7-12(17)6-13(10(14)2)15(19)20-4/h6-7,11H,5,8-9H2,1-4H3. The molecule has 1 atom stereocenters. The second-order valence-corrected chi connectivity index (χ2v) is 11.5. The summed E-state index contributed by atoms with van der Waals surface area (Å²) in [5.74, 6) is -0.290. The monoisotopic (exact) mass is 357 g/mol. The molecule has 1 unspecified atom stereocenters. The van der Waals surface area contributed by atoms with Gasteiger partial charge in [0.05, 0.1) is 0 Å². The number of hydrogen-bond donors (Lipinski definition) is 0. The van der Waals surface area contributed by atoms with Crippen LogP contribution in [0.3, 0.4) is 0 Å². The number of carbonyl (C=O) groups is 1. The molecule has 1 fully saturated rings. The van der Waals surface area contributed by atoms with Crippen LogP contribution in [0.4, 0.5) is 0 Å². The van der Waals surface area contributed by atoms with Gasteiger partial charge >= 0.3 is 130 Å². The third kappa shape index (κ3) is 3.05. The van der Waals surface area contributed by atoms with Crippen molar-refractivity contribution >= 4 is 36.6 Å². The zero-order valence-corrected chi connectivity index (χ0v) is 15.1. The van der Waals surface area contributed by atoms with Gasteiger partial charge in [-0.1, -0.05) is 0 Å². The summed E-state index contributed by atoms with van der Waals surface area (Å²) in [6.45, 7) is 6.63. The molecule has 0 radical (unpaired) electrons. The normalized spacial score (nSPS) is 17.6. The van der Waals surface area contributed by atoms with Crippen molar-refractivity contribution in [2.24, 2.45) is 0 Å². The van der Waals surface area contributed by atoms with Crippen LogP contribution in [0.5, 0.6) is 0 Å². The molecule has 1 aromatic rings. The Hall–Kier alpha value is -0.502. The van der Waals surface area contributed by atoms with Crippen molar-refractivity contribution in [3.8, 4) is 0 Å². The third-order valence-electron chi connectivity index (χ3n) is 3.89. The number of halogens is 1. The molecule has 1 heterocycles. The Labute approximate surface area is 130 Å². The molecular weight excluding hydrogens is 337 g/mol. The van der Waals surface area contributed by atoms with Crippen molar-refractivity contribution in [3.05, 3.63) is 28.3 Å². The van der Waals surface area contributed by atoms with Crippen LogP contribution < -0.4 is 4.35 Å². The average Bonchev–Trinajstić information content (AvgIpc) is 2.40. The molecule has 0 bridgehead atoms. The second kappa shape index (κ2) is 6.51. The number of esters is 1. The molecule has 0 saturated carbocycles. The van der Waals surface area contributed by atoms with Gasteiger partial charge in [0.2, 0.25) is 0 Å². The van der Waals surface area contributed by atoms with Crippen LogP contribution in [0.25, 0.3) is 0 Å². The summed E-state index contributed by atoms with van der Waals surface area (Å²) in [6.07, 6.45) is 0. The zero-order chi connectivity index (χ0) is 14.9. The minimum absolute atomic E-state index is 0.290. The summed E-state index contributed by atoms with van der Waals surface area (Å²) in [5, 5.41) is 1.85. The molecule has 1 saturated heterocycles. The topological polar surface area (TPSA) is 29.5 Å². The molecule has 5 heteroatoms. The van der Waals surface area contributed by atoms with E-state index in [1.807, 2.05) is 6.92 Å². The van der Waals surface area contributed by atoms with Gasteiger partial charge in [-0.15, -0.1) is 0 Å². The molecule has 110 valence electrons. The maximum atomic E-state index is 11.9. The fourth-order valence-corrected chi connectivity index (χ4v) is 9.57. The molecular formula is C15H21AsClNO2. The van der Waals surface area contributed by atoms with Crippen LogP contribution in [0.15, 0.2) is 12.1 Å². The Morgan fingerprint density at radius 1 is 1.50 bits per heavy atom. The van der Waals surface area contributed by atoms with E-state index < -0.39 is 14.7 Å². The predicted molar refractivity (Wildman–Crippen MR) is 84.6 cm³/mol. The summed E-state index contributed by atoms with van der Waals surface area (Å²) < 4.78 is 7.00. The molecule has 0 aromatic heterocycles. The van der Waals surface area contributed by atoms with E-state index in [4.69, 9.17) is 16.3 Å². The van der Waals surface area contributed by atoms with Gasteiger partial charge in [0.15, 0.2) is 0 Å². The number of likely N-dealkylation sites (tertiary alicyclic amines) is 1. The Bertz CT molecular complexity index is 515. The van der Waals surface area contributed by atoms with Gasteiger partial charge in [0, 0.05) is 0 Å². The van der Waals surface area contributed by atoms with E-state index >= 15 is 0 Å². The number of nitrogens with zero attached hydrogens (tertiary/aromatic N) is 1. The number of rotatable bonds is 4. The molecule has 0 aliphatic carbocycles. The molecule has 0 N–H and O–H groups in total. The van der Waals surface area contributed by atoms with E-state index in [9.17, 15) is 4.79 Å². The predicted octanol–water partition coefficient (Wildman–Crippen LogP) is 2.47. The quantitative estimate of drug-likeness (QED) is 0.612. The fraction of sp³-hybridized carbons (Fsp3) is 0.533. The van der Waals surface area contributed by atoms with Gasteiger partial charge in [-0.25, -0.2) is 0 Å². The summed E-state index contributed by atoms with van der Waals surface area (Å²) >= 11 is 5.05. The summed E-state index contributed by atoms with van der Waals surface area (Å²) in [4.78, 5) is 14.2. The molecule has 0 amide bonds. The van der Waals surface area contributed by atoms with Crippen LogP contribution in [-0.4, -0.2) is 52.8 Å². The molecule has 3 nitrogen and oxygen atoms in total. The van der Waals surface area contributed by atoms with Crippen LogP contribution in [0.1, 0.15) is 22.8 Å².